The third kappa shape index (κ3) is 5.76. The van der Waals surface area contributed by atoms with Gasteiger partial charge >= 0.3 is 0 Å². The van der Waals surface area contributed by atoms with Gasteiger partial charge in [0.1, 0.15) is 6.29 Å². The van der Waals surface area contributed by atoms with Crippen LogP contribution in [0, 0.1) is 0 Å². The molecule has 0 aromatic heterocycles. The van der Waals surface area contributed by atoms with E-state index in [1.807, 2.05) is 0 Å². The third-order valence-electron chi connectivity index (χ3n) is 1.51. The molecule has 0 saturated carbocycles. The Kier molecular flexibility index (Phi) is 6.50. The first kappa shape index (κ1) is 9.63. The Morgan fingerprint density at radius 3 is 2.70 bits per heavy atom. The first-order valence-corrected chi connectivity index (χ1v) is 3.93. The molecule has 10 heavy (non-hydrogen) atoms. The zero-order valence-electron chi connectivity index (χ0n) is 6.55. The summed E-state index contributed by atoms with van der Waals surface area (Å²) in [6.45, 7) is 2.12. The standard InChI is InChI=1S/C8H16O2/c1-2-3-4-5-8(10)6-7-9/h7-8,10H,2-6H2,1H3/t8-/m0/s1. The van der Waals surface area contributed by atoms with Gasteiger partial charge in [-0.15, -0.1) is 0 Å². The van der Waals surface area contributed by atoms with Gasteiger partial charge in [0.2, 0.25) is 0 Å². The maximum Gasteiger partial charge on any atom is 0.122 e. The van der Waals surface area contributed by atoms with Crippen molar-refractivity contribution in [3.8, 4) is 0 Å². The van der Waals surface area contributed by atoms with Gasteiger partial charge in [-0.05, 0) is 6.42 Å². The first-order valence-electron chi connectivity index (χ1n) is 3.93. The fourth-order valence-corrected chi connectivity index (χ4v) is 0.859. The normalized spacial score (nSPS) is 13.0. The van der Waals surface area contributed by atoms with Crippen molar-refractivity contribution < 1.29 is 9.90 Å². The third-order valence-corrected chi connectivity index (χ3v) is 1.51. The molecule has 0 spiro atoms. The lowest BCUT2D eigenvalue weighted by molar-refractivity contribution is -0.109. The molecule has 60 valence electrons. The van der Waals surface area contributed by atoms with E-state index >= 15 is 0 Å². The van der Waals surface area contributed by atoms with Crippen molar-refractivity contribution in [1.29, 1.82) is 0 Å². The highest BCUT2D eigenvalue weighted by atomic mass is 16.3. The summed E-state index contributed by atoms with van der Waals surface area (Å²) in [6.07, 6.45) is 4.78. The van der Waals surface area contributed by atoms with E-state index in [4.69, 9.17) is 5.11 Å². The van der Waals surface area contributed by atoms with Crippen molar-refractivity contribution in [1.82, 2.24) is 0 Å². The summed E-state index contributed by atoms with van der Waals surface area (Å²) in [6, 6.07) is 0. The Morgan fingerprint density at radius 2 is 2.20 bits per heavy atom. The van der Waals surface area contributed by atoms with E-state index in [0.717, 1.165) is 32.0 Å². The van der Waals surface area contributed by atoms with E-state index in [-0.39, 0.29) is 0 Å². The fraction of sp³-hybridized carbons (Fsp3) is 0.875. The average Bonchev–Trinajstić information content (AvgIpc) is 1.89. The molecule has 0 aliphatic carbocycles. The molecule has 0 saturated heterocycles. The van der Waals surface area contributed by atoms with Crippen LogP contribution in [0.1, 0.15) is 39.0 Å². The predicted molar refractivity (Wildman–Crippen MR) is 40.8 cm³/mol. The van der Waals surface area contributed by atoms with Crippen LogP contribution in [0.25, 0.3) is 0 Å². The van der Waals surface area contributed by atoms with Gasteiger partial charge in [0.15, 0.2) is 0 Å². The Bertz CT molecular complexity index is 81.3. The number of aliphatic hydroxyl groups excluding tert-OH is 1. The van der Waals surface area contributed by atoms with Gasteiger partial charge in [-0.25, -0.2) is 0 Å². The highest BCUT2D eigenvalue weighted by molar-refractivity contribution is 5.49. The second-order valence-electron chi connectivity index (χ2n) is 2.55. The monoisotopic (exact) mass is 144 g/mol. The van der Waals surface area contributed by atoms with Crippen LogP contribution < -0.4 is 0 Å². The van der Waals surface area contributed by atoms with Crippen molar-refractivity contribution in [3.05, 3.63) is 0 Å². The molecular weight excluding hydrogens is 128 g/mol. The molecule has 1 atom stereocenters. The minimum atomic E-state index is -0.399. The van der Waals surface area contributed by atoms with E-state index in [1.165, 1.54) is 0 Å². The van der Waals surface area contributed by atoms with E-state index in [2.05, 4.69) is 6.92 Å². The van der Waals surface area contributed by atoms with Crippen molar-refractivity contribution in [3.63, 3.8) is 0 Å². The van der Waals surface area contributed by atoms with Gasteiger partial charge in [-0.3, -0.25) is 0 Å². The Labute approximate surface area is 62.2 Å². The van der Waals surface area contributed by atoms with Gasteiger partial charge < -0.3 is 9.90 Å². The summed E-state index contributed by atoms with van der Waals surface area (Å²) in [5.41, 5.74) is 0. The van der Waals surface area contributed by atoms with E-state index in [0.29, 0.717) is 6.42 Å². The van der Waals surface area contributed by atoms with E-state index in [1.54, 1.807) is 0 Å². The fourth-order valence-electron chi connectivity index (χ4n) is 0.859. The van der Waals surface area contributed by atoms with Crippen molar-refractivity contribution in [2.75, 3.05) is 0 Å². The molecule has 0 radical (unpaired) electrons. The van der Waals surface area contributed by atoms with Crippen LogP contribution in [0.5, 0.6) is 0 Å². The number of hydrogen-bond donors (Lipinski definition) is 1. The molecule has 0 aromatic carbocycles. The lowest BCUT2D eigenvalue weighted by Gasteiger charge is -2.04. The molecule has 0 aromatic rings. The summed E-state index contributed by atoms with van der Waals surface area (Å²) in [5.74, 6) is 0. The van der Waals surface area contributed by atoms with Crippen LogP contribution in [-0.2, 0) is 4.79 Å². The molecular formula is C8H16O2. The van der Waals surface area contributed by atoms with Crippen molar-refractivity contribution >= 4 is 6.29 Å². The molecule has 0 fully saturated rings. The predicted octanol–water partition coefficient (Wildman–Crippen LogP) is 1.52. The number of hydrogen-bond acceptors (Lipinski definition) is 2. The van der Waals surface area contributed by atoms with Crippen molar-refractivity contribution in [2.24, 2.45) is 0 Å². The minimum Gasteiger partial charge on any atom is -0.393 e. The SMILES string of the molecule is CCCCC[C@H](O)CC=O. The molecule has 0 amide bonds. The number of unbranched alkanes of at least 4 members (excludes halogenated alkanes) is 2. The maximum absolute atomic E-state index is 9.89. The maximum atomic E-state index is 9.89. The Balaban J connectivity index is 3.04. The number of aldehydes is 1. The largest absolute Gasteiger partial charge is 0.393 e. The Morgan fingerprint density at radius 1 is 1.50 bits per heavy atom. The molecule has 0 rings (SSSR count). The summed E-state index contributed by atoms with van der Waals surface area (Å²) < 4.78 is 0. The highest BCUT2D eigenvalue weighted by Crippen LogP contribution is 2.04. The quantitative estimate of drug-likeness (QED) is 0.453. The smallest absolute Gasteiger partial charge is 0.122 e. The topological polar surface area (TPSA) is 37.3 Å². The van der Waals surface area contributed by atoms with Crippen LogP contribution >= 0.6 is 0 Å². The molecule has 0 heterocycles. The number of carbonyl (C=O) groups excluding carboxylic acids is 1. The molecule has 2 nitrogen and oxygen atoms in total. The molecule has 0 unspecified atom stereocenters. The summed E-state index contributed by atoms with van der Waals surface area (Å²) in [4.78, 5) is 9.89. The van der Waals surface area contributed by atoms with Crippen LogP contribution in [-0.4, -0.2) is 17.5 Å². The summed E-state index contributed by atoms with van der Waals surface area (Å²) in [7, 11) is 0. The van der Waals surface area contributed by atoms with Gasteiger partial charge in [0.25, 0.3) is 0 Å². The molecule has 0 bridgehead atoms. The second kappa shape index (κ2) is 6.75. The Hall–Kier alpha value is -0.370. The van der Waals surface area contributed by atoms with Gasteiger partial charge in [0, 0.05) is 6.42 Å². The summed E-state index contributed by atoms with van der Waals surface area (Å²) >= 11 is 0. The molecule has 1 N–H and O–H groups in total. The zero-order chi connectivity index (χ0) is 7.82. The molecule has 0 aliphatic heterocycles. The van der Waals surface area contributed by atoms with Crippen molar-refractivity contribution in [2.45, 2.75) is 45.1 Å². The lowest BCUT2D eigenvalue weighted by atomic mass is 10.1. The number of aliphatic hydroxyl groups is 1. The van der Waals surface area contributed by atoms with Crippen LogP contribution in [0.2, 0.25) is 0 Å². The van der Waals surface area contributed by atoms with Gasteiger partial charge in [0.05, 0.1) is 6.10 Å². The average molecular weight is 144 g/mol. The second-order valence-corrected chi connectivity index (χ2v) is 2.55. The van der Waals surface area contributed by atoms with Crippen LogP contribution in [0.15, 0.2) is 0 Å². The zero-order valence-corrected chi connectivity index (χ0v) is 6.55. The molecule has 2 heteroatoms. The van der Waals surface area contributed by atoms with Crippen LogP contribution in [0.3, 0.4) is 0 Å². The lowest BCUT2D eigenvalue weighted by Crippen LogP contribution is -2.06. The number of carbonyl (C=O) groups is 1. The highest BCUT2D eigenvalue weighted by Gasteiger charge is 2.00. The summed E-state index contributed by atoms with van der Waals surface area (Å²) in [5, 5.41) is 9.04. The van der Waals surface area contributed by atoms with Gasteiger partial charge in [-0.1, -0.05) is 26.2 Å². The van der Waals surface area contributed by atoms with E-state index in [9.17, 15) is 4.79 Å². The van der Waals surface area contributed by atoms with E-state index < -0.39 is 6.10 Å². The van der Waals surface area contributed by atoms with Crippen LogP contribution in [0.4, 0.5) is 0 Å². The van der Waals surface area contributed by atoms with Gasteiger partial charge in [-0.2, -0.15) is 0 Å². The number of rotatable bonds is 6. The first-order chi connectivity index (χ1) is 4.81. The molecule has 0 aliphatic rings. The minimum absolute atomic E-state index is 0.295.